The Bertz CT molecular complexity index is 516. The molecule has 0 nitrogen and oxygen atoms in total. The van der Waals surface area contributed by atoms with Crippen LogP contribution in [0.1, 0.15) is 27.7 Å². The monoisotopic (exact) mass is 256 g/mol. The van der Waals surface area contributed by atoms with Crippen LogP contribution in [0.25, 0.3) is 0 Å². The topological polar surface area (TPSA) is 0 Å². The molecule has 0 N–H and O–H groups in total. The average Bonchev–Trinajstić information content (AvgIpc) is 2.55. The maximum atomic E-state index is 2.51. The van der Waals surface area contributed by atoms with Gasteiger partial charge in [0, 0.05) is 5.41 Å². The van der Waals surface area contributed by atoms with Gasteiger partial charge in [-0.05, 0) is 13.8 Å². The van der Waals surface area contributed by atoms with Crippen molar-refractivity contribution < 1.29 is 0 Å². The third-order valence-electron chi connectivity index (χ3n) is 4.61. The van der Waals surface area contributed by atoms with Crippen LogP contribution in [-0.4, -0.2) is 8.07 Å². The molecule has 0 amide bonds. The van der Waals surface area contributed by atoms with Gasteiger partial charge in [0.25, 0.3) is 0 Å². The van der Waals surface area contributed by atoms with Gasteiger partial charge in [0.2, 0.25) is 0 Å². The molecule has 1 aromatic rings. The van der Waals surface area contributed by atoms with Crippen LogP contribution in [0.5, 0.6) is 0 Å². The lowest BCUT2D eigenvalue weighted by Gasteiger charge is -2.26. The minimum absolute atomic E-state index is 0.235. The largest absolute Gasteiger partial charge is 0.112 e. The second-order valence-corrected chi connectivity index (χ2v) is 10.9. The fourth-order valence-electron chi connectivity index (χ4n) is 2.92. The molecule has 0 spiro atoms. The Morgan fingerprint density at radius 1 is 0.944 bits per heavy atom. The van der Waals surface area contributed by atoms with Crippen molar-refractivity contribution in [3.8, 4) is 0 Å². The quantitative estimate of drug-likeness (QED) is 0.686. The van der Waals surface area contributed by atoms with E-state index in [2.05, 4.69) is 77.2 Å². The number of hydrogen-bond acceptors (Lipinski definition) is 0. The van der Waals surface area contributed by atoms with E-state index in [1.165, 1.54) is 16.3 Å². The first-order valence-electron chi connectivity index (χ1n) is 6.74. The molecule has 1 aliphatic rings. The van der Waals surface area contributed by atoms with Gasteiger partial charge in [0.1, 0.15) is 8.07 Å². The van der Waals surface area contributed by atoms with Crippen LogP contribution in [0.15, 0.2) is 52.8 Å². The van der Waals surface area contributed by atoms with Crippen LogP contribution in [0.4, 0.5) is 0 Å². The Hall–Kier alpha value is -1.08. The average molecular weight is 256 g/mol. The normalized spacial score (nSPS) is 19.1. The molecule has 1 heteroatoms. The highest BCUT2D eigenvalue weighted by Crippen LogP contribution is 2.43. The van der Waals surface area contributed by atoms with Crippen LogP contribution in [0, 0.1) is 5.41 Å². The first-order chi connectivity index (χ1) is 8.27. The number of allylic oxidation sites excluding steroid dienone is 4. The molecule has 0 fully saturated rings. The van der Waals surface area contributed by atoms with Crippen molar-refractivity contribution in [2.24, 2.45) is 5.41 Å². The van der Waals surface area contributed by atoms with Crippen LogP contribution in [0.2, 0.25) is 13.1 Å². The summed E-state index contributed by atoms with van der Waals surface area (Å²) in [7, 11) is -1.54. The maximum absolute atomic E-state index is 2.51. The Labute approximate surface area is 112 Å². The zero-order chi connectivity index (χ0) is 13.6. The summed E-state index contributed by atoms with van der Waals surface area (Å²) in [5.41, 5.74) is 3.30. The molecule has 96 valence electrons. The van der Waals surface area contributed by atoms with E-state index < -0.39 is 8.07 Å². The van der Waals surface area contributed by atoms with E-state index in [9.17, 15) is 0 Å². The van der Waals surface area contributed by atoms with Crippen molar-refractivity contribution in [2.45, 2.75) is 40.8 Å². The van der Waals surface area contributed by atoms with E-state index in [4.69, 9.17) is 0 Å². The fourth-order valence-corrected chi connectivity index (χ4v) is 6.11. The van der Waals surface area contributed by atoms with Crippen LogP contribution < -0.4 is 5.19 Å². The second kappa shape index (κ2) is 4.24. The van der Waals surface area contributed by atoms with Gasteiger partial charge in [0.05, 0.1) is 0 Å². The highest BCUT2D eigenvalue weighted by Gasteiger charge is 2.37. The Morgan fingerprint density at radius 2 is 1.50 bits per heavy atom. The summed E-state index contributed by atoms with van der Waals surface area (Å²) in [6.45, 7) is 14.2. The molecule has 0 saturated carbocycles. The van der Waals surface area contributed by atoms with E-state index >= 15 is 0 Å². The summed E-state index contributed by atoms with van der Waals surface area (Å²) in [5, 5.41) is 3.15. The molecule has 0 aromatic heterocycles. The predicted molar refractivity (Wildman–Crippen MR) is 83.8 cm³/mol. The van der Waals surface area contributed by atoms with Gasteiger partial charge in [-0.15, -0.1) is 0 Å². The molecular weight excluding hydrogens is 232 g/mol. The molecule has 0 unspecified atom stereocenters. The van der Waals surface area contributed by atoms with Crippen molar-refractivity contribution in [2.75, 3.05) is 0 Å². The Morgan fingerprint density at radius 3 is 1.94 bits per heavy atom. The van der Waals surface area contributed by atoms with Crippen molar-refractivity contribution >= 4 is 13.3 Å². The Kier molecular flexibility index (Phi) is 3.14. The van der Waals surface area contributed by atoms with E-state index in [0.29, 0.717) is 0 Å². The standard InChI is InChI=1S/C17H24Si/c1-13-14(2)17(3,4)12-16(13)18(5,6)15-10-8-7-9-11-15/h7-12H,1-6H3. The molecule has 0 bridgehead atoms. The van der Waals surface area contributed by atoms with E-state index in [-0.39, 0.29) is 5.41 Å². The molecular formula is C17H24Si. The highest BCUT2D eigenvalue weighted by atomic mass is 28.3. The number of hydrogen-bond donors (Lipinski definition) is 0. The van der Waals surface area contributed by atoms with E-state index in [1.54, 1.807) is 5.20 Å². The molecule has 0 radical (unpaired) electrons. The minimum atomic E-state index is -1.54. The van der Waals surface area contributed by atoms with Gasteiger partial charge in [-0.25, -0.2) is 0 Å². The summed E-state index contributed by atoms with van der Waals surface area (Å²) in [4.78, 5) is 0. The van der Waals surface area contributed by atoms with Gasteiger partial charge in [0.15, 0.2) is 0 Å². The summed E-state index contributed by atoms with van der Waals surface area (Å²) in [6.07, 6.45) is 2.51. The lowest BCUT2D eigenvalue weighted by molar-refractivity contribution is 0.588. The van der Waals surface area contributed by atoms with Gasteiger partial charge in [-0.2, -0.15) is 0 Å². The smallest absolute Gasteiger partial charge is 0.0749 e. The predicted octanol–water partition coefficient (Wildman–Crippen LogP) is 4.44. The molecule has 0 atom stereocenters. The number of benzene rings is 1. The lowest BCUT2D eigenvalue weighted by atomic mass is 9.88. The zero-order valence-corrected chi connectivity index (χ0v) is 13.5. The fraction of sp³-hybridized carbons (Fsp3) is 0.412. The molecule has 0 aliphatic heterocycles. The van der Waals surface area contributed by atoms with Gasteiger partial charge < -0.3 is 0 Å². The van der Waals surface area contributed by atoms with Crippen LogP contribution in [-0.2, 0) is 0 Å². The molecule has 2 rings (SSSR count). The third-order valence-corrected chi connectivity index (χ3v) is 8.25. The van der Waals surface area contributed by atoms with Crippen molar-refractivity contribution in [1.82, 2.24) is 0 Å². The number of rotatable bonds is 2. The van der Waals surface area contributed by atoms with Crippen molar-refractivity contribution in [3.05, 3.63) is 52.8 Å². The molecule has 1 aliphatic carbocycles. The third kappa shape index (κ3) is 2.01. The van der Waals surface area contributed by atoms with E-state index in [1.807, 2.05) is 0 Å². The zero-order valence-electron chi connectivity index (χ0n) is 12.5. The van der Waals surface area contributed by atoms with Crippen LogP contribution >= 0.6 is 0 Å². The molecule has 0 heterocycles. The first-order valence-corrected chi connectivity index (χ1v) is 9.74. The summed E-state index contributed by atoms with van der Waals surface area (Å²) >= 11 is 0. The highest BCUT2D eigenvalue weighted by molar-refractivity contribution is 6.96. The molecule has 18 heavy (non-hydrogen) atoms. The maximum Gasteiger partial charge on any atom is 0.112 e. The Balaban J connectivity index is 2.51. The second-order valence-electron chi connectivity index (χ2n) is 6.52. The van der Waals surface area contributed by atoms with Gasteiger partial charge in [-0.3, -0.25) is 0 Å². The van der Waals surface area contributed by atoms with Crippen LogP contribution in [0.3, 0.4) is 0 Å². The van der Waals surface area contributed by atoms with Gasteiger partial charge >= 0.3 is 0 Å². The summed E-state index contributed by atoms with van der Waals surface area (Å²) < 4.78 is 0. The van der Waals surface area contributed by atoms with Gasteiger partial charge in [-0.1, -0.05) is 84.9 Å². The lowest BCUT2D eigenvalue weighted by Crippen LogP contribution is -2.43. The minimum Gasteiger partial charge on any atom is -0.0749 e. The van der Waals surface area contributed by atoms with Crippen molar-refractivity contribution in [1.29, 1.82) is 0 Å². The summed E-state index contributed by atoms with van der Waals surface area (Å²) in [6, 6.07) is 11.0. The SMILES string of the molecule is CC1=C(C)C(C)(C)C=C1[Si](C)(C)c1ccccc1. The molecule has 0 saturated heterocycles. The van der Waals surface area contributed by atoms with E-state index in [0.717, 1.165) is 0 Å². The summed E-state index contributed by atoms with van der Waals surface area (Å²) in [5.74, 6) is 0. The first kappa shape index (κ1) is 13.4. The molecule has 1 aromatic carbocycles. The van der Waals surface area contributed by atoms with Crippen molar-refractivity contribution in [3.63, 3.8) is 0 Å².